The van der Waals surface area contributed by atoms with Crippen LogP contribution in [0.25, 0.3) is 0 Å². The number of rotatable bonds is 7. The topological polar surface area (TPSA) is 104 Å². The van der Waals surface area contributed by atoms with E-state index in [0.717, 1.165) is 5.56 Å². The zero-order valence-corrected chi connectivity index (χ0v) is 14.1. The maximum atomic E-state index is 10.8. The quantitative estimate of drug-likeness (QED) is 0.633. The molecule has 0 saturated carbocycles. The Kier molecular flexibility index (Phi) is 8.21. The average Bonchev–Trinajstić information content (AvgIpc) is 3.11. The van der Waals surface area contributed by atoms with Gasteiger partial charge in [0, 0.05) is 24.5 Å². The van der Waals surface area contributed by atoms with Crippen LogP contribution in [0.1, 0.15) is 11.6 Å². The molecule has 2 rings (SSSR count). The molecule has 1 heterocycles. The van der Waals surface area contributed by atoms with Crippen LogP contribution in [0, 0.1) is 0 Å². The van der Waals surface area contributed by atoms with Gasteiger partial charge in [-0.05, 0) is 11.6 Å². The molecule has 0 fully saturated rings. The minimum atomic E-state index is -5.08. The summed E-state index contributed by atoms with van der Waals surface area (Å²) in [6.45, 7) is 4.39. The number of nitrogens with one attached hydrogen (secondary N) is 1. The Balaban J connectivity index is 0.000000445. The van der Waals surface area contributed by atoms with Gasteiger partial charge in [-0.25, -0.2) is 9.59 Å². The standard InChI is InChI=1S/C15H17N3O2.C2HF3O2/c1-12(15(19)20)10-16-14(11-18-9-5-8-17-18)13-6-3-2-4-7-13;3-2(4,5)1(6)7/h2-9,14,16H,1,10-11H2,(H,19,20);(H,6,7). The number of hydrogen-bond acceptors (Lipinski definition) is 4. The summed E-state index contributed by atoms with van der Waals surface area (Å²) >= 11 is 0. The van der Waals surface area contributed by atoms with Crippen molar-refractivity contribution >= 4 is 11.9 Å². The summed E-state index contributed by atoms with van der Waals surface area (Å²) in [5.41, 5.74) is 1.23. The van der Waals surface area contributed by atoms with E-state index in [1.165, 1.54) is 0 Å². The average molecular weight is 385 g/mol. The molecule has 1 atom stereocenters. The number of aromatic nitrogens is 2. The fourth-order valence-electron chi connectivity index (χ4n) is 1.89. The number of hydrogen-bond donors (Lipinski definition) is 3. The third-order valence-electron chi connectivity index (χ3n) is 3.24. The van der Waals surface area contributed by atoms with Gasteiger partial charge in [-0.3, -0.25) is 4.68 Å². The van der Waals surface area contributed by atoms with Crippen molar-refractivity contribution < 1.29 is 33.0 Å². The Labute approximate surface area is 152 Å². The summed E-state index contributed by atoms with van der Waals surface area (Å²) in [5.74, 6) is -3.74. The molecule has 0 aliphatic rings. The van der Waals surface area contributed by atoms with E-state index in [2.05, 4.69) is 17.0 Å². The number of halogens is 3. The monoisotopic (exact) mass is 385 g/mol. The first-order chi connectivity index (χ1) is 12.6. The van der Waals surface area contributed by atoms with Gasteiger partial charge in [-0.2, -0.15) is 18.3 Å². The Morgan fingerprint density at radius 3 is 2.22 bits per heavy atom. The molecule has 27 heavy (non-hydrogen) atoms. The number of benzene rings is 1. The zero-order valence-electron chi connectivity index (χ0n) is 14.1. The second kappa shape index (κ2) is 10.1. The SMILES string of the molecule is C=C(CNC(Cn1cccn1)c1ccccc1)C(=O)O.O=C(O)C(F)(F)F. The molecule has 0 spiro atoms. The molecule has 0 radical (unpaired) electrons. The van der Waals surface area contributed by atoms with Crippen LogP contribution in [0.4, 0.5) is 13.2 Å². The van der Waals surface area contributed by atoms with Crippen LogP contribution in [-0.4, -0.2) is 44.7 Å². The van der Waals surface area contributed by atoms with E-state index in [-0.39, 0.29) is 18.2 Å². The highest BCUT2D eigenvalue weighted by molar-refractivity contribution is 5.86. The minimum absolute atomic E-state index is 0.0211. The number of carboxylic acid groups (broad SMARTS) is 2. The van der Waals surface area contributed by atoms with Crippen molar-refractivity contribution in [3.8, 4) is 0 Å². The number of alkyl halides is 3. The van der Waals surface area contributed by atoms with Gasteiger partial charge in [0.1, 0.15) is 0 Å². The predicted octanol–water partition coefficient (Wildman–Crippen LogP) is 2.49. The third kappa shape index (κ3) is 8.19. The fraction of sp³-hybridized carbons (Fsp3) is 0.235. The number of carbonyl (C=O) groups is 2. The molecule has 7 nitrogen and oxygen atoms in total. The lowest BCUT2D eigenvalue weighted by molar-refractivity contribution is -0.192. The van der Waals surface area contributed by atoms with E-state index in [9.17, 15) is 18.0 Å². The molecule has 1 unspecified atom stereocenters. The van der Waals surface area contributed by atoms with E-state index in [0.29, 0.717) is 6.54 Å². The van der Waals surface area contributed by atoms with E-state index in [1.807, 2.05) is 47.3 Å². The van der Waals surface area contributed by atoms with Crippen LogP contribution in [0.5, 0.6) is 0 Å². The first-order valence-electron chi connectivity index (χ1n) is 7.58. The maximum Gasteiger partial charge on any atom is 0.490 e. The summed E-state index contributed by atoms with van der Waals surface area (Å²) in [6, 6.07) is 11.7. The summed E-state index contributed by atoms with van der Waals surface area (Å²) in [6.07, 6.45) is -1.48. The van der Waals surface area contributed by atoms with Crippen LogP contribution in [0.3, 0.4) is 0 Å². The van der Waals surface area contributed by atoms with Crippen LogP contribution in [0.15, 0.2) is 60.9 Å². The van der Waals surface area contributed by atoms with E-state index in [1.54, 1.807) is 6.20 Å². The highest BCUT2D eigenvalue weighted by Crippen LogP contribution is 2.15. The van der Waals surface area contributed by atoms with Gasteiger partial charge in [0.25, 0.3) is 0 Å². The fourth-order valence-corrected chi connectivity index (χ4v) is 1.89. The smallest absolute Gasteiger partial charge is 0.478 e. The van der Waals surface area contributed by atoms with Gasteiger partial charge in [-0.1, -0.05) is 36.9 Å². The van der Waals surface area contributed by atoms with Gasteiger partial charge in [0.05, 0.1) is 12.6 Å². The number of nitrogens with zero attached hydrogens (tertiary/aromatic N) is 2. The summed E-state index contributed by atoms with van der Waals surface area (Å²) < 4.78 is 33.5. The molecule has 0 aliphatic carbocycles. The summed E-state index contributed by atoms with van der Waals surface area (Å²) in [4.78, 5) is 19.7. The van der Waals surface area contributed by atoms with E-state index in [4.69, 9.17) is 15.0 Å². The van der Waals surface area contributed by atoms with Gasteiger partial charge < -0.3 is 15.5 Å². The van der Waals surface area contributed by atoms with Gasteiger partial charge in [-0.15, -0.1) is 0 Å². The molecule has 1 aromatic heterocycles. The molecule has 2 aromatic rings. The minimum Gasteiger partial charge on any atom is -0.478 e. The van der Waals surface area contributed by atoms with Gasteiger partial charge in [0.2, 0.25) is 0 Å². The molecule has 0 aliphatic heterocycles. The number of aliphatic carboxylic acids is 2. The van der Waals surface area contributed by atoms with Crippen molar-refractivity contribution in [2.45, 2.75) is 18.8 Å². The Morgan fingerprint density at radius 2 is 1.78 bits per heavy atom. The van der Waals surface area contributed by atoms with Crippen molar-refractivity contribution in [2.24, 2.45) is 0 Å². The zero-order chi connectivity index (χ0) is 20.4. The van der Waals surface area contributed by atoms with Crippen LogP contribution in [0.2, 0.25) is 0 Å². The first-order valence-corrected chi connectivity index (χ1v) is 7.58. The molecule has 10 heteroatoms. The molecule has 0 bridgehead atoms. The van der Waals surface area contributed by atoms with Crippen molar-refractivity contribution in [2.75, 3.05) is 6.54 Å². The van der Waals surface area contributed by atoms with E-state index < -0.39 is 18.1 Å². The lowest BCUT2D eigenvalue weighted by Crippen LogP contribution is -2.29. The van der Waals surface area contributed by atoms with Crippen molar-refractivity contribution in [3.05, 3.63) is 66.5 Å². The molecule has 1 aromatic carbocycles. The maximum absolute atomic E-state index is 10.8. The van der Waals surface area contributed by atoms with Crippen molar-refractivity contribution in [3.63, 3.8) is 0 Å². The van der Waals surface area contributed by atoms with E-state index >= 15 is 0 Å². The molecule has 146 valence electrons. The first kappa shape index (κ1) is 21.9. The second-order valence-corrected chi connectivity index (χ2v) is 5.28. The predicted molar refractivity (Wildman–Crippen MR) is 89.9 cm³/mol. The molecular formula is C17H18F3N3O4. The van der Waals surface area contributed by atoms with Crippen LogP contribution < -0.4 is 5.32 Å². The Hall–Kier alpha value is -3.14. The molecule has 3 N–H and O–H groups in total. The summed E-state index contributed by atoms with van der Waals surface area (Å²) in [7, 11) is 0. The summed E-state index contributed by atoms with van der Waals surface area (Å²) in [5, 5.41) is 23.4. The lowest BCUT2D eigenvalue weighted by Gasteiger charge is -2.19. The highest BCUT2D eigenvalue weighted by Gasteiger charge is 2.38. The molecule has 0 amide bonds. The Bertz CT molecular complexity index is 747. The lowest BCUT2D eigenvalue weighted by atomic mass is 10.1. The van der Waals surface area contributed by atoms with Crippen LogP contribution >= 0.6 is 0 Å². The Morgan fingerprint density at radius 1 is 1.19 bits per heavy atom. The van der Waals surface area contributed by atoms with Crippen molar-refractivity contribution in [1.82, 2.24) is 15.1 Å². The van der Waals surface area contributed by atoms with Gasteiger partial charge >= 0.3 is 18.1 Å². The van der Waals surface area contributed by atoms with Crippen molar-refractivity contribution in [1.29, 1.82) is 0 Å². The number of carboxylic acids is 2. The third-order valence-corrected chi connectivity index (χ3v) is 3.24. The molecule has 0 saturated heterocycles. The molecular weight excluding hydrogens is 367 g/mol. The highest BCUT2D eigenvalue weighted by atomic mass is 19.4. The second-order valence-electron chi connectivity index (χ2n) is 5.28. The largest absolute Gasteiger partial charge is 0.490 e. The van der Waals surface area contributed by atoms with Crippen LogP contribution in [-0.2, 0) is 16.1 Å². The van der Waals surface area contributed by atoms with Gasteiger partial charge in [0.15, 0.2) is 0 Å². The normalized spacial score (nSPS) is 11.8.